The Labute approximate surface area is 91.2 Å². The van der Waals surface area contributed by atoms with Gasteiger partial charge in [0, 0.05) is 11.8 Å². The maximum Gasteiger partial charge on any atom is 0.0950 e. The average molecular weight is 224 g/mol. The molecule has 0 radical (unpaired) electrons. The summed E-state index contributed by atoms with van der Waals surface area (Å²) in [5.41, 5.74) is 2.36. The fourth-order valence-electron chi connectivity index (χ4n) is 1.06. The summed E-state index contributed by atoms with van der Waals surface area (Å²) in [6.45, 7) is 1.66. The SMILES string of the molecule is C/C=N/Nc1ccc(N(O)O)cc1C(=O)[O-]. The van der Waals surface area contributed by atoms with Gasteiger partial charge in [0.2, 0.25) is 0 Å². The van der Waals surface area contributed by atoms with E-state index in [2.05, 4.69) is 10.5 Å². The van der Waals surface area contributed by atoms with E-state index in [1.165, 1.54) is 18.3 Å². The lowest BCUT2D eigenvalue weighted by Crippen LogP contribution is -2.24. The maximum absolute atomic E-state index is 10.8. The third-order valence-electron chi connectivity index (χ3n) is 1.77. The van der Waals surface area contributed by atoms with E-state index in [0.717, 1.165) is 6.07 Å². The number of hydrogen-bond donors (Lipinski definition) is 3. The summed E-state index contributed by atoms with van der Waals surface area (Å²) >= 11 is 0. The molecule has 1 rings (SSSR count). The topological polar surface area (TPSA) is 108 Å². The minimum Gasteiger partial charge on any atom is -0.545 e. The molecular weight excluding hydrogens is 214 g/mol. The van der Waals surface area contributed by atoms with Gasteiger partial charge in [-0.15, -0.1) is 5.23 Å². The molecule has 1 aromatic rings. The number of hydrazone groups is 1. The smallest absolute Gasteiger partial charge is 0.0950 e. The predicted octanol–water partition coefficient (Wildman–Crippen LogP) is 0.0525. The first kappa shape index (κ1) is 12.0. The van der Waals surface area contributed by atoms with E-state index in [9.17, 15) is 9.90 Å². The van der Waals surface area contributed by atoms with Gasteiger partial charge < -0.3 is 9.90 Å². The summed E-state index contributed by atoms with van der Waals surface area (Å²) in [6.07, 6.45) is 1.44. The number of benzene rings is 1. The number of rotatable bonds is 4. The predicted molar refractivity (Wildman–Crippen MR) is 54.6 cm³/mol. The summed E-state index contributed by atoms with van der Waals surface area (Å²) in [5, 5.41) is 31.7. The van der Waals surface area contributed by atoms with Gasteiger partial charge in [-0.25, -0.2) is 0 Å². The van der Waals surface area contributed by atoms with E-state index in [1.54, 1.807) is 6.92 Å². The van der Waals surface area contributed by atoms with Crippen LogP contribution >= 0.6 is 0 Å². The third kappa shape index (κ3) is 2.69. The standard InChI is InChI=1S/C9H11N3O4/c1-2-10-11-8-4-3-6(12(15)16)5-7(8)9(13)14/h2-5,11,15-16H,1H3,(H,13,14)/p-1/b10-2+. The first-order chi connectivity index (χ1) is 7.56. The van der Waals surface area contributed by atoms with Gasteiger partial charge in [0.15, 0.2) is 0 Å². The number of carbonyl (C=O) groups excluding carboxylic acids is 1. The van der Waals surface area contributed by atoms with Crippen molar-refractivity contribution in [3.05, 3.63) is 23.8 Å². The molecule has 0 saturated heterocycles. The quantitative estimate of drug-likeness (QED) is 0.492. The van der Waals surface area contributed by atoms with Crippen LogP contribution in [0.4, 0.5) is 11.4 Å². The Hall–Kier alpha value is -2.12. The van der Waals surface area contributed by atoms with Gasteiger partial charge in [0.1, 0.15) is 0 Å². The van der Waals surface area contributed by atoms with Crippen LogP contribution in [0.5, 0.6) is 0 Å². The molecule has 1 aromatic carbocycles. The average Bonchev–Trinajstić information content (AvgIpc) is 2.25. The molecule has 0 saturated carbocycles. The van der Waals surface area contributed by atoms with Gasteiger partial charge in [-0.1, -0.05) is 0 Å². The van der Waals surface area contributed by atoms with Crippen molar-refractivity contribution < 1.29 is 20.3 Å². The van der Waals surface area contributed by atoms with E-state index < -0.39 is 5.97 Å². The van der Waals surface area contributed by atoms with E-state index in [1.807, 2.05) is 0 Å². The summed E-state index contributed by atoms with van der Waals surface area (Å²) in [7, 11) is 0. The molecule has 7 heteroatoms. The minimum absolute atomic E-state index is 0.0924. The molecule has 0 heterocycles. The number of nitrogens with zero attached hydrogens (tertiary/aromatic N) is 2. The molecule has 0 aromatic heterocycles. The number of carboxylic acids is 1. The highest BCUT2D eigenvalue weighted by atomic mass is 16.8. The van der Waals surface area contributed by atoms with Crippen molar-refractivity contribution in [2.45, 2.75) is 6.92 Å². The maximum atomic E-state index is 10.8. The monoisotopic (exact) mass is 224 g/mol. The Balaban J connectivity index is 3.14. The lowest BCUT2D eigenvalue weighted by Gasteiger charge is -2.13. The first-order valence-corrected chi connectivity index (χ1v) is 4.33. The van der Waals surface area contributed by atoms with Crippen LogP contribution in [-0.4, -0.2) is 22.6 Å². The molecule has 3 N–H and O–H groups in total. The molecule has 0 atom stereocenters. The molecule has 0 unspecified atom stereocenters. The molecule has 0 aliphatic heterocycles. The Morgan fingerprint density at radius 1 is 1.56 bits per heavy atom. The fraction of sp³-hybridized carbons (Fsp3) is 0.111. The molecular formula is C9H10N3O4-. The van der Waals surface area contributed by atoms with Crippen LogP contribution in [-0.2, 0) is 0 Å². The van der Waals surface area contributed by atoms with Crippen LogP contribution in [0.3, 0.4) is 0 Å². The van der Waals surface area contributed by atoms with Gasteiger partial charge in [-0.2, -0.15) is 5.10 Å². The number of carbonyl (C=O) groups is 1. The highest BCUT2D eigenvalue weighted by Gasteiger charge is 2.07. The van der Waals surface area contributed by atoms with Crippen molar-refractivity contribution in [1.82, 2.24) is 0 Å². The fourth-order valence-corrected chi connectivity index (χ4v) is 1.06. The summed E-state index contributed by atoms with van der Waals surface area (Å²) < 4.78 is 0. The first-order valence-electron chi connectivity index (χ1n) is 4.33. The number of nitrogens with one attached hydrogen (secondary N) is 1. The second-order valence-corrected chi connectivity index (χ2v) is 2.81. The summed E-state index contributed by atoms with van der Waals surface area (Å²) in [5.74, 6) is -1.45. The van der Waals surface area contributed by atoms with Crippen molar-refractivity contribution >= 4 is 23.6 Å². The van der Waals surface area contributed by atoms with Crippen LogP contribution in [0.2, 0.25) is 0 Å². The van der Waals surface area contributed by atoms with Crippen molar-refractivity contribution in [3.8, 4) is 0 Å². The summed E-state index contributed by atoms with van der Waals surface area (Å²) in [6, 6.07) is 3.69. The van der Waals surface area contributed by atoms with E-state index in [-0.39, 0.29) is 22.2 Å². The van der Waals surface area contributed by atoms with Crippen molar-refractivity contribution in [2.24, 2.45) is 5.10 Å². The molecule has 16 heavy (non-hydrogen) atoms. The van der Waals surface area contributed by atoms with Crippen molar-refractivity contribution in [3.63, 3.8) is 0 Å². The largest absolute Gasteiger partial charge is 0.545 e. The van der Waals surface area contributed by atoms with Gasteiger partial charge in [-0.3, -0.25) is 15.8 Å². The lowest BCUT2D eigenvalue weighted by atomic mass is 10.1. The highest BCUT2D eigenvalue weighted by molar-refractivity contribution is 5.94. The summed E-state index contributed by atoms with van der Waals surface area (Å²) in [4.78, 5) is 10.8. The molecule has 0 bridgehead atoms. The molecule has 0 fully saturated rings. The molecule has 7 nitrogen and oxygen atoms in total. The second kappa shape index (κ2) is 5.10. The number of aromatic carboxylic acids is 1. The van der Waals surface area contributed by atoms with Crippen LogP contribution in [0.25, 0.3) is 0 Å². The van der Waals surface area contributed by atoms with Gasteiger partial charge in [0.25, 0.3) is 0 Å². The zero-order valence-electron chi connectivity index (χ0n) is 8.41. The zero-order valence-corrected chi connectivity index (χ0v) is 8.41. The Morgan fingerprint density at radius 2 is 2.25 bits per heavy atom. The Kier molecular flexibility index (Phi) is 3.81. The number of hydrogen-bond acceptors (Lipinski definition) is 7. The Bertz CT molecular complexity index is 417. The van der Waals surface area contributed by atoms with Gasteiger partial charge in [-0.05, 0) is 25.1 Å². The number of carboxylic acid groups (broad SMARTS) is 1. The van der Waals surface area contributed by atoms with Crippen LogP contribution in [0, 0.1) is 0 Å². The van der Waals surface area contributed by atoms with E-state index in [4.69, 9.17) is 10.4 Å². The van der Waals surface area contributed by atoms with Crippen LogP contribution in [0.15, 0.2) is 23.3 Å². The lowest BCUT2D eigenvalue weighted by molar-refractivity contribution is -0.254. The molecule has 0 spiro atoms. The second-order valence-electron chi connectivity index (χ2n) is 2.81. The van der Waals surface area contributed by atoms with Crippen LogP contribution < -0.4 is 15.8 Å². The van der Waals surface area contributed by atoms with Crippen molar-refractivity contribution in [2.75, 3.05) is 10.7 Å². The molecule has 86 valence electrons. The number of anilines is 2. The van der Waals surface area contributed by atoms with E-state index >= 15 is 0 Å². The minimum atomic E-state index is -1.45. The van der Waals surface area contributed by atoms with E-state index in [0.29, 0.717) is 0 Å². The van der Waals surface area contributed by atoms with Gasteiger partial charge >= 0.3 is 0 Å². The van der Waals surface area contributed by atoms with Gasteiger partial charge in [0.05, 0.1) is 17.3 Å². The molecule has 0 amide bonds. The highest BCUT2D eigenvalue weighted by Crippen LogP contribution is 2.21. The molecule has 0 aliphatic carbocycles. The van der Waals surface area contributed by atoms with Crippen LogP contribution in [0.1, 0.15) is 17.3 Å². The normalized spacial score (nSPS) is 10.4. The van der Waals surface area contributed by atoms with Crippen molar-refractivity contribution in [1.29, 1.82) is 0 Å². The third-order valence-corrected chi connectivity index (χ3v) is 1.77. The molecule has 0 aliphatic rings. The Morgan fingerprint density at radius 3 is 2.75 bits per heavy atom. The zero-order chi connectivity index (χ0) is 12.1.